The lowest BCUT2D eigenvalue weighted by molar-refractivity contribution is -0.122. The lowest BCUT2D eigenvalue weighted by atomic mass is 9.90. The number of hydrogen-bond acceptors (Lipinski definition) is 3. The molecule has 3 aromatic rings. The van der Waals surface area contributed by atoms with Gasteiger partial charge in [0.15, 0.2) is 0 Å². The van der Waals surface area contributed by atoms with Crippen molar-refractivity contribution in [3.05, 3.63) is 94.5 Å². The van der Waals surface area contributed by atoms with E-state index in [0.29, 0.717) is 17.1 Å². The van der Waals surface area contributed by atoms with Gasteiger partial charge in [-0.1, -0.05) is 48.7 Å². The molecule has 1 aliphatic rings. The van der Waals surface area contributed by atoms with Gasteiger partial charge in [-0.2, -0.15) is 5.26 Å². The van der Waals surface area contributed by atoms with Crippen LogP contribution >= 0.6 is 11.6 Å². The first kappa shape index (κ1) is 24.8. The van der Waals surface area contributed by atoms with Crippen molar-refractivity contribution in [2.45, 2.75) is 38.5 Å². The van der Waals surface area contributed by atoms with Gasteiger partial charge in [0.1, 0.15) is 5.75 Å². The second-order valence-corrected chi connectivity index (χ2v) is 9.78. The van der Waals surface area contributed by atoms with Gasteiger partial charge in [-0.25, -0.2) is 0 Å². The highest BCUT2D eigenvalue weighted by Crippen LogP contribution is 2.31. The summed E-state index contributed by atoms with van der Waals surface area (Å²) in [6, 6.07) is 25.7. The number of carbonyl (C=O) groups excluding carboxylic acids is 1. The van der Waals surface area contributed by atoms with Crippen molar-refractivity contribution >= 4 is 23.2 Å². The van der Waals surface area contributed by atoms with Crippen molar-refractivity contribution in [3.63, 3.8) is 0 Å². The van der Waals surface area contributed by atoms with Crippen LogP contribution < -0.4 is 9.64 Å². The molecule has 0 heterocycles. The van der Waals surface area contributed by atoms with E-state index in [9.17, 15) is 10.1 Å². The SMILES string of the molecule is COc1ccc(N(CC(Cc2ccc(Cl)cc2)Cc2cccc(C#N)c2)C(=O)C2CCCC2)cc1. The molecule has 0 N–H and O–H groups in total. The number of methoxy groups -OCH3 is 1. The summed E-state index contributed by atoms with van der Waals surface area (Å²) in [5.74, 6) is 1.22. The van der Waals surface area contributed by atoms with E-state index in [2.05, 4.69) is 24.3 Å². The zero-order chi connectivity index (χ0) is 24.6. The van der Waals surface area contributed by atoms with Crippen molar-refractivity contribution in [1.29, 1.82) is 5.26 Å². The number of halogens is 1. The fraction of sp³-hybridized carbons (Fsp3) is 0.333. The topological polar surface area (TPSA) is 53.3 Å². The Morgan fingerprint density at radius 1 is 1.03 bits per heavy atom. The van der Waals surface area contributed by atoms with Gasteiger partial charge in [0.05, 0.1) is 18.7 Å². The van der Waals surface area contributed by atoms with Gasteiger partial charge >= 0.3 is 0 Å². The molecule has 0 aliphatic heterocycles. The maximum atomic E-state index is 13.7. The molecule has 4 nitrogen and oxygen atoms in total. The molecule has 0 saturated heterocycles. The molecule has 1 fully saturated rings. The Hall–Kier alpha value is -3.29. The molecule has 1 unspecified atom stereocenters. The number of hydrogen-bond donors (Lipinski definition) is 0. The number of benzene rings is 3. The van der Waals surface area contributed by atoms with Crippen LogP contribution in [0.3, 0.4) is 0 Å². The van der Waals surface area contributed by atoms with Crippen LogP contribution in [0.15, 0.2) is 72.8 Å². The summed E-state index contributed by atoms with van der Waals surface area (Å²) in [6.07, 6.45) is 5.71. The Balaban J connectivity index is 1.64. The maximum absolute atomic E-state index is 13.7. The van der Waals surface area contributed by atoms with Crippen molar-refractivity contribution in [2.75, 3.05) is 18.6 Å². The first-order valence-corrected chi connectivity index (χ1v) is 12.6. The summed E-state index contributed by atoms with van der Waals surface area (Å²) in [5.41, 5.74) is 3.83. The Kier molecular flexibility index (Phi) is 8.45. The summed E-state index contributed by atoms with van der Waals surface area (Å²) in [4.78, 5) is 15.7. The Morgan fingerprint density at radius 2 is 1.71 bits per heavy atom. The molecule has 0 bridgehead atoms. The van der Waals surface area contributed by atoms with Crippen LogP contribution in [0.5, 0.6) is 5.75 Å². The number of nitrogens with zero attached hydrogens (tertiary/aromatic N) is 2. The average molecular weight is 487 g/mol. The molecule has 1 atom stereocenters. The standard InChI is InChI=1S/C30H31ClN2O2/c1-35-29-15-13-28(14-16-29)33(30(34)26-7-2-3-8-26)21-25(17-22-9-11-27(31)12-10-22)19-23-5-4-6-24(18-23)20-32/h4-6,9-16,18,25-26H,2-3,7-8,17,19,21H2,1H3. The van der Waals surface area contributed by atoms with E-state index >= 15 is 0 Å². The fourth-order valence-electron chi connectivity index (χ4n) is 4.99. The number of anilines is 1. The van der Waals surface area contributed by atoms with Gasteiger partial charge < -0.3 is 9.64 Å². The van der Waals surface area contributed by atoms with Gasteiger partial charge in [-0.3, -0.25) is 4.79 Å². The third-order valence-corrected chi connectivity index (χ3v) is 7.07. The molecule has 4 rings (SSSR count). The zero-order valence-corrected chi connectivity index (χ0v) is 20.9. The molecular weight excluding hydrogens is 456 g/mol. The van der Waals surface area contributed by atoms with Gasteiger partial charge in [-0.15, -0.1) is 0 Å². The predicted molar refractivity (Wildman–Crippen MR) is 141 cm³/mol. The molecule has 180 valence electrons. The van der Waals surface area contributed by atoms with Crippen LogP contribution in [0.4, 0.5) is 5.69 Å². The van der Waals surface area contributed by atoms with E-state index in [-0.39, 0.29) is 17.7 Å². The van der Waals surface area contributed by atoms with Crippen LogP contribution in [-0.4, -0.2) is 19.6 Å². The Morgan fingerprint density at radius 3 is 2.37 bits per heavy atom. The summed E-state index contributed by atoms with van der Waals surface area (Å²) in [5, 5.41) is 10.1. The van der Waals surface area contributed by atoms with Gasteiger partial charge in [0, 0.05) is 23.2 Å². The van der Waals surface area contributed by atoms with Gasteiger partial charge in [-0.05, 0) is 91.3 Å². The molecule has 0 radical (unpaired) electrons. The highest BCUT2D eigenvalue weighted by molar-refractivity contribution is 6.30. The molecule has 5 heteroatoms. The van der Waals surface area contributed by atoms with E-state index in [0.717, 1.165) is 55.5 Å². The van der Waals surface area contributed by atoms with E-state index in [1.54, 1.807) is 7.11 Å². The smallest absolute Gasteiger partial charge is 0.230 e. The Bertz CT molecular complexity index is 1160. The number of carbonyl (C=O) groups is 1. The van der Waals surface area contributed by atoms with Crippen LogP contribution in [0.2, 0.25) is 5.02 Å². The summed E-state index contributed by atoms with van der Waals surface area (Å²) in [6.45, 7) is 0.598. The maximum Gasteiger partial charge on any atom is 0.230 e. The van der Waals surface area contributed by atoms with Crippen molar-refractivity contribution in [2.24, 2.45) is 11.8 Å². The van der Waals surface area contributed by atoms with E-state index in [1.807, 2.05) is 59.5 Å². The number of nitriles is 1. The minimum absolute atomic E-state index is 0.0789. The average Bonchev–Trinajstić information content (AvgIpc) is 3.43. The van der Waals surface area contributed by atoms with Crippen LogP contribution in [0, 0.1) is 23.2 Å². The second kappa shape index (κ2) is 11.9. The first-order chi connectivity index (χ1) is 17.1. The molecule has 0 aromatic heterocycles. The van der Waals surface area contributed by atoms with Crippen LogP contribution in [0.1, 0.15) is 42.4 Å². The van der Waals surface area contributed by atoms with Crippen molar-refractivity contribution in [1.82, 2.24) is 0 Å². The highest BCUT2D eigenvalue weighted by atomic mass is 35.5. The molecule has 1 saturated carbocycles. The zero-order valence-electron chi connectivity index (χ0n) is 20.1. The quantitative estimate of drug-likeness (QED) is 0.332. The summed E-state index contributed by atoms with van der Waals surface area (Å²) < 4.78 is 5.34. The number of rotatable bonds is 9. The normalized spacial score (nSPS) is 14.3. The van der Waals surface area contributed by atoms with Gasteiger partial charge in [0.25, 0.3) is 0 Å². The fourth-order valence-corrected chi connectivity index (χ4v) is 5.12. The summed E-state index contributed by atoms with van der Waals surface area (Å²) in [7, 11) is 1.65. The monoisotopic (exact) mass is 486 g/mol. The minimum atomic E-state index is 0.0789. The van der Waals surface area contributed by atoms with E-state index in [4.69, 9.17) is 16.3 Å². The molecule has 3 aromatic carbocycles. The lowest BCUT2D eigenvalue weighted by Crippen LogP contribution is -2.40. The third kappa shape index (κ3) is 6.65. The third-order valence-electron chi connectivity index (χ3n) is 6.81. The minimum Gasteiger partial charge on any atom is -0.497 e. The largest absolute Gasteiger partial charge is 0.497 e. The number of ether oxygens (including phenoxy) is 1. The molecular formula is C30H31ClN2O2. The highest BCUT2D eigenvalue weighted by Gasteiger charge is 2.30. The molecule has 1 aliphatic carbocycles. The van der Waals surface area contributed by atoms with E-state index in [1.165, 1.54) is 5.56 Å². The summed E-state index contributed by atoms with van der Waals surface area (Å²) >= 11 is 6.12. The van der Waals surface area contributed by atoms with Crippen LogP contribution in [-0.2, 0) is 17.6 Å². The van der Waals surface area contributed by atoms with E-state index < -0.39 is 0 Å². The Labute approximate surface area is 213 Å². The predicted octanol–water partition coefficient (Wildman–Crippen LogP) is 6.85. The first-order valence-electron chi connectivity index (χ1n) is 12.2. The molecule has 0 spiro atoms. The number of amides is 1. The molecule has 1 amide bonds. The van der Waals surface area contributed by atoms with Crippen LogP contribution in [0.25, 0.3) is 0 Å². The van der Waals surface area contributed by atoms with Gasteiger partial charge in [0.2, 0.25) is 5.91 Å². The second-order valence-electron chi connectivity index (χ2n) is 9.34. The molecule has 35 heavy (non-hydrogen) atoms. The van der Waals surface area contributed by atoms with Crippen molar-refractivity contribution < 1.29 is 9.53 Å². The van der Waals surface area contributed by atoms with Crippen molar-refractivity contribution in [3.8, 4) is 11.8 Å². The lowest BCUT2D eigenvalue weighted by Gasteiger charge is -2.30.